The molecule has 2 N–H and O–H groups in total. The zero-order valence-electron chi connectivity index (χ0n) is 24.7. The summed E-state index contributed by atoms with van der Waals surface area (Å²) in [5.41, 5.74) is 2.39. The van der Waals surface area contributed by atoms with Gasteiger partial charge in [-0.1, -0.05) is 17.9 Å². The third kappa shape index (κ3) is 6.37. The number of nitrogen functional groups attached to an aromatic ring is 1. The summed E-state index contributed by atoms with van der Waals surface area (Å²) < 4.78 is 107. The summed E-state index contributed by atoms with van der Waals surface area (Å²) in [6, 6.07) is 1.88. The Morgan fingerprint density at radius 2 is 1.85 bits per heavy atom. The maximum absolute atomic E-state index is 16.7. The number of hydrogen-bond donors (Lipinski definition) is 1. The number of benzene rings is 2. The summed E-state index contributed by atoms with van der Waals surface area (Å²) in [6.07, 6.45) is -5.28. The van der Waals surface area contributed by atoms with Gasteiger partial charge in [0.05, 0.1) is 22.3 Å². The largest absolute Gasteiger partial charge is 0.462 e. The van der Waals surface area contributed by atoms with Crippen LogP contribution < -0.4 is 15.4 Å². The average Bonchev–Trinajstić information content (AvgIpc) is 3.65. The number of rotatable bonds is 8. The molecule has 0 aliphatic carbocycles. The van der Waals surface area contributed by atoms with Gasteiger partial charge in [-0.25, -0.2) is 22.5 Å². The van der Waals surface area contributed by atoms with E-state index in [1.807, 2.05) is 0 Å². The molecule has 2 fully saturated rings. The Kier molecular flexibility index (Phi) is 8.86. The highest BCUT2D eigenvalue weighted by molar-refractivity contribution is 7.22. The quantitative estimate of drug-likeness (QED) is 0.186. The molecule has 0 spiro atoms. The molecule has 4 heterocycles. The van der Waals surface area contributed by atoms with E-state index in [4.69, 9.17) is 10.5 Å². The third-order valence-corrected chi connectivity index (χ3v) is 9.21. The molecule has 0 radical (unpaired) electrons. The van der Waals surface area contributed by atoms with Crippen molar-refractivity contribution in [2.75, 3.05) is 56.5 Å². The van der Waals surface area contributed by atoms with E-state index in [2.05, 4.69) is 21.5 Å². The molecule has 2 aliphatic heterocycles. The van der Waals surface area contributed by atoms with Crippen molar-refractivity contribution in [3.05, 3.63) is 48.1 Å². The summed E-state index contributed by atoms with van der Waals surface area (Å²) in [6.45, 7) is 3.96. The van der Waals surface area contributed by atoms with Crippen molar-refractivity contribution < 1.29 is 40.3 Å². The minimum atomic E-state index is -5.08. The first kappa shape index (κ1) is 32.7. The molecule has 0 saturated carbocycles. The first-order chi connectivity index (χ1) is 22.3. The van der Waals surface area contributed by atoms with Crippen LogP contribution in [-0.2, 0) is 11.0 Å². The third-order valence-electron chi connectivity index (χ3n) is 8.32. The maximum atomic E-state index is 16.7. The van der Waals surface area contributed by atoms with Crippen LogP contribution >= 0.6 is 11.3 Å². The molecule has 2 aromatic heterocycles. The van der Waals surface area contributed by atoms with Crippen molar-refractivity contribution >= 4 is 49.3 Å². The minimum Gasteiger partial charge on any atom is -0.462 e. The van der Waals surface area contributed by atoms with Gasteiger partial charge in [0, 0.05) is 48.7 Å². The lowest BCUT2D eigenvalue weighted by Gasteiger charge is -2.35. The summed E-state index contributed by atoms with van der Waals surface area (Å²) in [4.78, 5) is 29.4. The standard InChI is InChI=1S/C30H28F7N7O2S/c1-2-21(45)42-8-10-43(11-9-42)27-17-12-18(30(35,36)37)22(16-5-6-19(31)26-25(16)39-28(38)47-26)23(34)24(17)40-29(41-27)46-14-15-4-3-7-44(15)13-20(32)33/h2,5-6,12,15,20H,1,3-4,7-11,13-14H2,(H2,38,39). The van der Waals surface area contributed by atoms with Crippen LogP contribution in [0.25, 0.3) is 32.2 Å². The van der Waals surface area contributed by atoms with Crippen molar-refractivity contribution in [2.24, 2.45) is 0 Å². The van der Waals surface area contributed by atoms with Crippen LogP contribution in [0, 0.1) is 11.6 Å². The van der Waals surface area contributed by atoms with Gasteiger partial charge in [-0.2, -0.15) is 23.1 Å². The number of alkyl halides is 5. The molecule has 6 rings (SSSR count). The number of halogens is 7. The minimum absolute atomic E-state index is 0.0651. The van der Waals surface area contributed by atoms with E-state index in [-0.39, 0.29) is 76.8 Å². The van der Waals surface area contributed by atoms with E-state index >= 15 is 4.39 Å². The second kappa shape index (κ2) is 12.7. The van der Waals surface area contributed by atoms with Gasteiger partial charge >= 0.3 is 12.2 Å². The lowest BCUT2D eigenvalue weighted by Crippen LogP contribution is -2.48. The first-order valence-electron chi connectivity index (χ1n) is 14.6. The number of likely N-dealkylation sites (tertiary alicyclic amines) is 1. The highest BCUT2D eigenvalue weighted by Gasteiger charge is 2.39. The van der Waals surface area contributed by atoms with E-state index in [0.717, 1.165) is 24.3 Å². The molecular weight excluding hydrogens is 655 g/mol. The fourth-order valence-electron chi connectivity index (χ4n) is 6.12. The number of thiazole rings is 1. The number of fused-ring (bicyclic) bond motifs is 2. The zero-order valence-corrected chi connectivity index (χ0v) is 25.5. The Labute approximate surface area is 267 Å². The topological polar surface area (TPSA) is 101 Å². The number of ether oxygens (including phenoxy) is 1. The zero-order chi connectivity index (χ0) is 33.6. The Balaban J connectivity index is 1.50. The second-order valence-electron chi connectivity index (χ2n) is 11.2. The highest BCUT2D eigenvalue weighted by Crippen LogP contribution is 2.46. The van der Waals surface area contributed by atoms with Crippen LogP contribution in [0.15, 0.2) is 30.9 Å². The van der Waals surface area contributed by atoms with E-state index in [0.29, 0.717) is 30.7 Å². The Morgan fingerprint density at radius 1 is 1.11 bits per heavy atom. The molecule has 47 heavy (non-hydrogen) atoms. The van der Waals surface area contributed by atoms with E-state index in [1.54, 1.807) is 9.80 Å². The maximum Gasteiger partial charge on any atom is 0.417 e. The molecule has 2 aromatic carbocycles. The van der Waals surface area contributed by atoms with Gasteiger partial charge in [0.1, 0.15) is 23.8 Å². The molecule has 2 aliphatic rings. The van der Waals surface area contributed by atoms with E-state index in [9.17, 15) is 31.1 Å². The van der Waals surface area contributed by atoms with Crippen LogP contribution in [0.3, 0.4) is 0 Å². The van der Waals surface area contributed by atoms with Crippen molar-refractivity contribution in [3.8, 4) is 17.1 Å². The van der Waals surface area contributed by atoms with Crippen LogP contribution in [0.5, 0.6) is 6.01 Å². The smallest absolute Gasteiger partial charge is 0.417 e. The number of carbonyl (C=O) groups is 1. The number of amides is 1. The summed E-state index contributed by atoms with van der Waals surface area (Å²) >= 11 is 0.711. The lowest BCUT2D eigenvalue weighted by atomic mass is 9.95. The fraction of sp³-hybridized carbons (Fsp3) is 0.400. The van der Waals surface area contributed by atoms with Crippen molar-refractivity contribution in [1.29, 1.82) is 0 Å². The van der Waals surface area contributed by atoms with Crippen molar-refractivity contribution in [1.82, 2.24) is 24.8 Å². The Morgan fingerprint density at radius 3 is 2.53 bits per heavy atom. The Hall–Kier alpha value is -4.25. The number of aromatic nitrogens is 3. The SMILES string of the molecule is C=CC(=O)N1CCN(c2nc(OCC3CCCN3CC(F)F)nc3c(F)c(-c4ccc(F)c5sc(N)nc45)c(C(F)(F)F)cc23)CC1. The van der Waals surface area contributed by atoms with Crippen LogP contribution in [-0.4, -0.2) is 89.0 Å². The number of nitrogens with zero attached hydrogens (tertiary/aromatic N) is 6. The predicted molar refractivity (Wildman–Crippen MR) is 163 cm³/mol. The molecule has 1 atom stereocenters. The summed E-state index contributed by atoms with van der Waals surface area (Å²) in [7, 11) is 0. The summed E-state index contributed by atoms with van der Waals surface area (Å²) in [5, 5.41) is -0.394. The number of piperazine rings is 1. The van der Waals surface area contributed by atoms with Gasteiger partial charge in [-0.3, -0.25) is 9.69 Å². The lowest BCUT2D eigenvalue weighted by molar-refractivity contribution is -0.137. The van der Waals surface area contributed by atoms with Gasteiger partial charge in [-0.05, 0) is 43.7 Å². The molecule has 1 unspecified atom stereocenters. The normalized spacial score (nSPS) is 17.7. The molecule has 17 heteroatoms. The molecule has 4 aromatic rings. The molecule has 0 bridgehead atoms. The predicted octanol–water partition coefficient (Wildman–Crippen LogP) is 5.73. The van der Waals surface area contributed by atoms with Crippen LogP contribution in [0.1, 0.15) is 18.4 Å². The van der Waals surface area contributed by atoms with Crippen molar-refractivity contribution in [2.45, 2.75) is 31.5 Å². The molecular formula is C30H28F7N7O2S. The first-order valence-corrected chi connectivity index (χ1v) is 15.4. The molecule has 1 amide bonds. The van der Waals surface area contributed by atoms with E-state index in [1.165, 1.54) is 4.90 Å². The number of hydrogen-bond acceptors (Lipinski definition) is 9. The fourth-order valence-corrected chi connectivity index (χ4v) is 6.88. The van der Waals surface area contributed by atoms with Crippen LogP contribution in [0.2, 0.25) is 0 Å². The van der Waals surface area contributed by atoms with Gasteiger partial charge in [-0.15, -0.1) is 0 Å². The highest BCUT2D eigenvalue weighted by atomic mass is 32.1. The Bertz CT molecular complexity index is 1840. The van der Waals surface area contributed by atoms with Crippen molar-refractivity contribution in [3.63, 3.8) is 0 Å². The molecule has 2 saturated heterocycles. The number of carbonyl (C=O) groups excluding carboxylic acids is 1. The van der Waals surface area contributed by atoms with Crippen LogP contribution in [0.4, 0.5) is 41.7 Å². The van der Waals surface area contributed by atoms with Gasteiger partial charge in [0.25, 0.3) is 6.43 Å². The molecule has 9 nitrogen and oxygen atoms in total. The number of nitrogens with two attached hydrogens (primary N) is 1. The molecule has 250 valence electrons. The average molecular weight is 684 g/mol. The van der Waals surface area contributed by atoms with Gasteiger partial charge in [0.15, 0.2) is 10.9 Å². The second-order valence-corrected chi connectivity index (χ2v) is 12.2. The van der Waals surface area contributed by atoms with Gasteiger partial charge in [0.2, 0.25) is 5.91 Å². The summed E-state index contributed by atoms with van der Waals surface area (Å²) in [5.74, 6) is -2.54. The number of anilines is 2. The van der Waals surface area contributed by atoms with Gasteiger partial charge < -0.3 is 20.3 Å². The monoisotopic (exact) mass is 683 g/mol. The van der Waals surface area contributed by atoms with E-state index < -0.39 is 53.5 Å².